The lowest BCUT2D eigenvalue weighted by Gasteiger charge is -2.16. The molecular weight excluding hydrogens is 227 g/mol. The molecule has 0 bridgehead atoms. The van der Waals surface area contributed by atoms with Crippen LogP contribution in [0.3, 0.4) is 0 Å². The van der Waals surface area contributed by atoms with Gasteiger partial charge in [0.2, 0.25) is 11.8 Å². The Labute approximate surface area is 91.0 Å². The molecule has 0 saturated heterocycles. The van der Waals surface area contributed by atoms with Crippen molar-refractivity contribution in [2.24, 2.45) is 0 Å². The first kappa shape index (κ1) is 14.7. The zero-order chi connectivity index (χ0) is 12.8. The molecule has 0 atom stereocenters. The van der Waals surface area contributed by atoms with E-state index < -0.39 is 25.2 Å². The quantitative estimate of drug-likeness (QED) is 0.672. The van der Waals surface area contributed by atoms with Gasteiger partial charge in [-0.2, -0.15) is 13.2 Å². The predicted molar refractivity (Wildman–Crippen MR) is 50.6 cm³/mol. The molecule has 0 unspecified atom stereocenters. The van der Waals surface area contributed by atoms with Crippen LogP contribution in [-0.4, -0.2) is 56.6 Å². The topological polar surface area (TPSA) is 61.4 Å². The fourth-order valence-corrected chi connectivity index (χ4v) is 0.844. The number of hydrogen-bond acceptors (Lipinski definition) is 3. The Morgan fingerprint density at radius 1 is 1.31 bits per heavy atom. The summed E-state index contributed by atoms with van der Waals surface area (Å²) in [6, 6.07) is 0. The molecule has 0 aromatic rings. The first-order chi connectivity index (χ1) is 7.26. The molecule has 0 aliphatic rings. The van der Waals surface area contributed by atoms with E-state index >= 15 is 0 Å². The molecule has 94 valence electrons. The van der Waals surface area contributed by atoms with Crippen molar-refractivity contribution in [3.63, 3.8) is 0 Å². The molecule has 0 radical (unpaired) electrons. The van der Waals surface area contributed by atoms with Gasteiger partial charge in [0.15, 0.2) is 0 Å². The van der Waals surface area contributed by atoms with Crippen LogP contribution >= 0.6 is 0 Å². The molecule has 2 N–H and O–H groups in total. The summed E-state index contributed by atoms with van der Waals surface area (Å²) in [6.45, 7) is -1.75. The summed E-state index contributed by atoms with van der Waals surface area (Å²) in [5.74, 6) is -1.21. The summed E-state index contributed by atoms with van der Waals surface area (Å²) < 4.78 is 35.2. The van der Waals surface area contributed by atoms with Crippen LogP contribution in [0.1, 0.15) is 0 Å². The van der Waals surface area contributed by atoms with E-state index in [9.17, 15) is 22.8 Å². The van der Waals surface area contributed by atoms with Gasteiger partial charge in [0, 0.05) is 7.05 Å². The number of rotatable bonds is 5. The average molecular weight is 241 g/mol. The van der Waals surface area contributed by atoms with E-state index in [1.807, 2.05) is 0 Å². The van der Waals surface area contributed by atoms with Crippen LogP contribution < -0.4 is 10.6 Å². The largest absolute Gasteiger partial charge is 0.405 e. The predicted octanol–water partition coefficient (Wildman–Crippen LogP) is -0.657. The Morgan fingerprint density at radius 2 is 1.88 bits per heavy atom. The van der Waals surface area contributed by atoms with Crippen LogP contribution in [0.4, 0.5) is 13.2 Å². The van der Waals surface area contributed by atoms with E-state index in [0.717, 1.165) is 4.90 Å². The van der Waals surface area contributed by atoms with Crippen LogP contribution in [-0.2, 0) is 9.59 Å². The third-order valence-electron chi connectivity index (χ3n) is 1.62. The second-order valence-corrected chi connectivity index (χ2v) is 3.17. The summed E-state index contributed by atoms with van der Waals surface area (Å²) in [6.07, 6.45) is -4.44. The van der Waals surface area contributed by atoms with Crippen LogP contribution in [0, 0.1) is 0 Å². The van der Waals surface area contributed by atoms with Crippen molar-refractivity contribution in [1.82, 2.24) is 15.5 Å². The average Bonchev–Trinajstić information content (AvgIpc) is 2.14. The van der Waals surface area contributed by atoms with E-state index in [4.69, 9.17) is 0 Å². The first-order valence-electron chi connectivity index (χ1n) is 4.48. The minimum atomic E-state index is -4.44. The summed E-state index contributed by atoms with van der Waals surface area (Å²) >= 11 is 0. The van der Waals surface area contributed by atoms with Crippen LogP contribution in [0.2, 0.25) is 0 Å². The van der Waals surface area contributed by atoms with E-state index in [-0.39, 0.29) is 12.5 Å². The van der Waals surface area contributed by atoms with Gasteiger partial charge >= 0.3 is 6.18 Å². The number of carbonyl (C=O) groups excluding carboxylic acids is 2. The Kier molecular flexibility index (Phi) is 5.79. The summed E-state index contributed by atoms with van der Waals surface area (Å²) in [4.78, 5) is 23.2. The summed E-state index contributed by atoms with van der Waals surface area (Å²) in [7, 11) is 2.89. The molecule has 0 aromatic carbocycles. The van der Waals surface area contributed by atoms with Crippen molar-refractivity contribution >= 4 is 11.8 Å². The van der Waals surface area contributed by atoms with Gasteiger partial charge in [0.05, 0.1) is 13.1 Å². The Balaban J connectivity index is 3.92. The zero-order valence-electron chi connectivity index (χ0n) is 9.02. The van der Waals surface area contributed by atoms with Gasteiger partial charge in [0.25, 0.3) is 0 Å². The van der Waals surface area contributed by atoms with Crippen molar-refractivity contribution in [2.45, 2.75) is 6.18 Å². The van der Waals surface area contributed by atoms with Gasteiger partial charge in [-0.15, -0.1) is 0 Å². The molecular formula is C8H14F3N3O2. The van der Waals surface area contributed by atoms with Crippen molar-refractivity contribution in [1.29, 1.82) is 0 Å². The molecule has 0 aliphatic carbocycles. The molecule has 0 fully saturated rings. The van der Waals surface area contributed by atoms with Crippen molar-refractivity contribution in [2.75, 3.05) is 33.7 Å². The minimum absolute atomic E-state index is 0.0308. The highest BCUT2D eigenvalue weighted by Gasteiger charge is 2.27. The molecule has 0 rings (SSSR count). The second-order valence-electron chi connectivity index (χ2n) is 3.17. The Bertz CT molecular complexity index is 255. The lowest BCUT2D eigenvalue weighted by Crippen LogP contribution is -2.43. The van der Waals surface area contributed by atoms with Gasteiger partial charge in [-0.3, -0.25) is 9.59 Å². The molecule has 0 spiro atoms. The maximum Gasteiger partial charge on any atom is 0.405 e. The van der Waals surface area contributed by atoms with Gasteiger partial charge in [0.1, 0.15) is 6.54 Å². The highest BCUT2D eigenvalue weighted by molar-refractivity contribution is 5.85. The normalized spacial score (nSPS) is 11.1. The highest BCUT2D eigenvalue weighted by Crippen LogP contribution is 2.11. The Morgan fingerprint density at radius 3 is 2.31 bits per heavy atom. The SMILES string of the molecule is CNCC(=O)N(C)CC(=O)NCC(F)(F)F. The van der Waals surface area contributed by atoms with E-state index in [1.165, 1.54) is 7.05 Å². The van der Waals surface area contributed by atoms with Gasteiger partial charge in [-0.1, -0.05) is 0 Å². The van der Waals surface area contributed by atoms with Gasteiger partial charge < -0.3 is 15.5 Å². The Hall–Kier alpha value is -1.31. The molecule has 2 amide bonds. The molecule has 0 aliphatic heterocycles. The molecule has 0 saturated carbocycles. The number of nitrogens with zero attached hydrogens (tertiary/aromatic N) is 1. The summed E-state index contributed by atoms with van der Waals surface area (Å²) in [5, 5.41) is 4.25. The van der Waals surface area contributed by atoms with Gasteiger partial charge in [-0.25, -0.2) is 0 Å². The lowest BCUT2D eigenvalue weighted by molar-refractivity contribution is -0.141. The van der Waals surface area contributed by atoms with Crippen LogP contribution in [0.25, 0.3) is 0 Å². The monoisotopic (exact) mass is 241 g/mol. The van der Waals surface area contributed by atoms with E-state index in [0.29, 0.717) is 0 Å². The smallest absolute Gasteiger partial charge is 0.345 e. The molecule has 8 heteroatoms. The third kappa shape index (κ3) is 7.04. The lowest BCUT2D eigenvalue weighted by atomic mass is 10.4. The number of amides is 2. The van der Waals surface area contributed by atoms with Crippen LogP contribution in [0.15, 0.2) is 0 Å². The van der Waals surface area contributed by atoms with Crippen LogP contribution in [0.5, 0.6) is 0 Å². The number of carbonyl (C=O) groups is 2. The van der Waals surface area contributed by atoms with E-state index in [2.05, 4.69) is 5.32 Å². The zero-order valence-corrected chi connectivity index (χ0v) is 9.02. The maximum absolute atomic E-state index is 11.7. The standard InChI is InChI=1S/C8H14F3N3O2/c1-12-3-7(16)14(2)4-6(15)13-5-8(9,10)11/h12H,3-5H2,1-2H3,(H,13,15). The van der Waals surface area contributed by atoms with Crippen molar-refractivity contribution in [3.8, 4) is 0 Å². The molecule has 5 nitrogen and oxygen atoms in total. The van der Waals surface area contributed by atoms with Gasteiger partial charge in [-0.05, 0) is 7.05 Å². The third-order valence-corrected chi connectivity index (χ3v) is 1.62. The number of likely N-dealkylation sites (N-methyl/N-ethyl adjacent to an activating group) is 2. The number of alkyl halides is 3. The number of hydrogen-bond donors (Lipinski definition) is 2. The van der Waals surface area contributed by atoms with E-state index in [1.54, 1.807) is 12.4 Å². The number of nitrogens with one attached hydrogen (secondary N) is 2. The van der Waals surface area contributed by atoms with Crippen molar-refractivity contribution in [3.05, 3.63) is 0 Å². The van der Waals surface area contributed by atoms with Crippen molar-refractivity contribution < 1.29 is 22.8 Å². The molecule has 0 aromatic heterocycles. The fraction of sp³-hybridized carbons (Fsp3) is 0.750. The fourth-order valence-electron chi connectivity index (χ4n) is 0.844. The maximum atomic E-state index is 11.7. The molecule has 0 heterocycles. The summed E-state index contributed by atoms with van der Waals surface area (Å²) in [5.41, 5.74) is 0. The first-order valence-corrected chi connectivity index (χ1v) is 4.48. The number of halogens is 3. The molecule has 16 heavy (non-hydrogen) atoms. The second kappa shape index (κ2) is 6.31. The highest BCUT2D eigenvalue weighted by atomic mass is 19.4. The minimum Gasteiger partial charge on any atom is -0.345 e.